The highest BCUT2D eigenvalue weighted by molar-refractivity contribution is 5.93. The number of ether oxygens (including phenoxy) is 2. The summed E-state index contributed by atoms with van der Waals surface area (Å²) in [5.74, 6) is 0.963. The Kier molecular flexibility index (Phi) is 6.51. The van der Waals surface area contributed by atoms with Gasteiger partial charge in [0.25, 0.3) is 0 Å². The van der Waals surface area contributed by atoms with Crippen LogP contribution >= 0.6 is 0 Å². The van der Waals surface area contributed by atoms with Crippen LogP contribution in [0.1, 0.15) is 38.5 Å². The van der Waals surface area contributed by atoms with Gasteiger partial charge in [0, 0.05) is 46.5 Å². The summed E-state index contributed by atoms with van der Waals surface area (Å²) >= 11 is 0. The zero-order valence-electron chi connectivity index (χ0n) is 13.3. The first-order valence-electron chi connectivity index (χ1n) is 8.07. The second-order valence-corrected chi connectivity index (χ2v) is 5.80. The van der Waals surface area contributed by atoms with Crippen molar-refractivity contribution in [3.8, 4) is 0 Å². The average Bonchev–Trinajstić information content (AvgIpc) is 2.55. The van der Waals surface area contributed by atoms with Crippen LogP contribution in [0.2, 0.25) is 0 Å². The van der Waals surface area contributed by atoms with E-state index in [1.807, 2.05) is 0 Å². The molecule has 2 saturated heterocycles. The number of carbonyl (C=O) groups excluding carboxylic acids is 1. The molecule has 0 aromatic rings. The van der Waals surface area contributed by atoms with Crippen molar-refractivity contribution in [2.45, 2.75) is 44.8 Å². The summed E-state index contributed by atoms with van der Waals surface area (Å²) in [4.78, 5) is 17.0. The summed E-state index contributed by atoms with van der Waals surface area (Å²) in [6.45, 7) is 4.17. The molecule has 5 nitrogen and oxygen atoms in total. The van der Waals surface area contributed by atoms with Gasteiger partial charge in [0.1, 0.15) is 5.82 Å². The minimum atomic E-state index is -0.797. The molecular formula is C16H28N2O3. The van der Waals surface area contributed by atoms with Gasteiger partial charge in [0.15, 0.2) is 0 Å². The standard InChI is InChI=1S/C16H28N2O3/c1-20-16(21-2)14(19)13-15(17-9-5-3-6-10-17)18-11-7-4-8-12-18/h13,16H,3-12H2,1-2H3. The lowest BCUT2D eigenvalue weighted by atomic mass is 10.1. The second kappa shape index (κ2) is 8.39. The Balaban J connectivity index is 2.14. The first-order chi connectivity index (χ1) is 10.3. The van der Waals surface area contributed by atoms with Crippen LogP contribution in [0, 0.1) is 0 Å². The number of ketones is 1. The quantitative estimate of drug-likeness (QED) is 0.554. The van der Waals surface area contributed by atoms with E-state index >= 15 is 0 Å². The number of carbonyl (C=O) groups is 1. The molecule has 21 heavy (non-hydrogen) atoms. The molecule has 0 radical (unpaired) electrons. The van der Waals surface area contributed by atoms with E-state index in [0.717, 1.165) is 32.0 Å². The molecule has 2 fully saturated rings. The summed E-state index contributed by atoms with van der Waals surface area (Å²) in [6.07, 6.45) is 8.33. The van der Waals surface area contributed by atoms with Crippen LogP contribution in [0.3, 0.4) is 0 Å². The molecule has 0 atom stereocenters. The van der Waals surface area contributed by atoms with Crippen molar-refractivity contribution in [2.75, 3.05) is 40.4 Å². The van der Waals surface area contributed by atoms with Crippen molar-refractivity contribution in [1.82, 2.24) is 9.80 Å². The fourth-order valence-corrected chi connectivity index (χ4v) is 3.15. The molecule has 0 saturated carbocycles. The Morgan fingerprint density at radius 3 is 1.67 bits per heavy atom. The van der Waals surface area contributed by atoms with Gasteiger partial charge in [-0.05, 0) is 38.5 Å². The molecule has 2 heterocycles. The van der Waals surface area contributed by atoms with Crippen LogP contribution in [-0.2, 0) is 14.3 Å². The number of likely N-dealkylation sites (tertiary alicyclic amines) is 2. The molecule has 2 rings (SSSR count). The van der Waals surface area contributed by atoms with E-state index in [0.29, 0.717) is 0 Å². The summed E-state index contributed by atoms with van der Waals surface area (Å²) in [5.41, 5.74) is 0. The topological polar surface area (TPSA) is 42.0 Å². The number of methoxy groups -OCH3 is 2. The van der Waals surface area contributed by atoms with Gasteiger partial charge < -0.3 is 19.3 Å². The Morgan fingerprint density at radius 2 is 1.29 bits per heavy atom. The predicted molar refractivity (Wildman–Crippen MR) is 81.7 cm³/mol. The normalized spacial score (nSPS) is 19.8. The van der Waals surface area contributed by atoms with Crippen molar-refractivity contribution in [3.63, 3.8) is 0 Å². The van der Waals surface area contributed by atoms with Gasteiger partial charge in [-0.15, -0.1) is 0 Å². The fraction of sp³-hybridized carbons (Fsp3) is 0.812. The monoisotopic (exact) mass is 296 g/mol. The zero-order chi connectivity index (χ0) is 15.1. The van der Waals surface area contributed by atoms with E-state index in [2.05, 4.69) is 9.80 Å². The van der Waals surface area contributed by atoms with Crippen LogP contribution in [0.4, 0.5) is 0 Å². The van der Waals surface area contributed by atoms with Crippen molar-refractivity contribution in [3.05, 3.63) is 11.9 Å². The number of hydrogen-bond donors (Lipinski definition) is 0. The maximum atomic E-state index is 12.3. The van der Waals surface area contributed by atoms with E-state index < -0.39 is 6.29 Å². The zero-order valence-corrected chi connectivity index (χ0v) is 13.3. The van der Waals surface area contributed by atoms with Gasteiger partial charge in [0.05, 0.1) is 0 Å². The third kappa shape index (κ3) is 4.45. The predicted octanol–water partition coefficient (Wildman–Crippen LogP) is 1.99. The number of piperidine rings is 2. The average molecular weight is 296 g/mol. The minimum absolute atomic E-state index is 0.105. The van der Waals surface area contributed by atoms with Crippen molar-refractivity contribution < 1.29 is 14.3 Å². The van der Waals surface area contributed by atoms with Gasteiger partial charge in [-0.25, -0.2) is 0 Å². The molecule has 5 heteroatoms. The van der Waals surface area contributed by atoms with Crippen molar-refractivity contribution in [2.24, 2.45) is 0 Å². The summed E-state index contributed by atoms with van der Waals surface area (Å²) in [7, 11) is 3.00. The van der Waals surface area contributed by atoms with E-state index in [9.17, 15) is 4.79 Å². The van der Waals surface area contributed by atoms with Crippen LogP contribution in [0.25, 0.3) is 0 Å². The van der Waals surface area contributed by atoms with E-state index in [-0.39, 0.29) is 5.78 Å². The van der Waals surface area contributed by atoms with E-state index in [4.69, 9.17) is 9.47 Å². The van der Waals surface area contributed by atoms with Crippen LogP contribution in [-0.4, -0.2) is 62.3 Å². The molecule has 2 aliphatic heterocycles. The SMILES string of the molecule is COC(OC)C(=O)C=C(N1CCCCC1)N1CCCCC1. The van der Waals surface area contributed by atoms with Crippen LogP contribution < -0.4 is 0 Å². The van der Waals surface area contributed by atoms with Crippen molar-refractivity contribution >= 4 is 5.78 Å². The minimum Gasteiger partial charge on any atom is -0.358 e. The lowest BCUT2D eigenvalue weighted by molar-refractivity contribution is -0.151. The molecule has 0 aromatic heterocycles. The molecule has 0 aliphatic carbocycles. The fourth-order valence-electron chi connectivity index (χ4n) is 3.15. The third-order valence-electron chi connectivity index (χ3n) is 4.29. The highest BCUT2D eigenvalue weighted by Gasteiger charge is 2.24. The van der Waals surface area contributed by atoms with Crippen molar-refractivity contribution in [1.29, 1.82) is 0 Å². The molecule has 0 unspecified atom stereocenters. The highest BCUT2D eigenvalue weighted by Crippen LogP contribution is 2.22. The summed E-state index contributed by atoms with van der Waals surface area (Å²) in [5, 5.41) is 0. The molecule has 2 aliphatic rings. The number of nitrogens with zero attached hydrogens (tertiary/aromatic N) is 2. The maximum absolute atomic E-state index is 12.3. The van der Waals surface area contributed by atoms with Crippen LogP contribution in [0.5, 0.6) is 0 Å². The summed E-state index contributed by atoms with van der Waals surface area (Å²) in [6, 6.07) is 0. The first-order valence-corrected chi connectivity index (χ1v) is 8.07. The molecular weight excluding hydrogens is 268 g/mol. The van der Waals surface area contributed by atoms with Gasteiger partial charge in [-0.1, -0.05) is 0 Å². The molecule has 120 valence electrons. The molecule has 0 amide bonds. The number of hydrogen-bond acceptors (Lipinski definition) is 5. The third-order valence-corrected chi connectivity index (χ3v) is 4.29. The Hall–Kier alpha value is -1.07. The Labute approximate surface area is 127 Å². The highest BCUT2D eigenvalue weighted by atomic mass is 16.7. The van der Waals surface area contributed by atoms with Gasteiger partial charge in [0.2, 0.25) is 12.1 Å². The summed E-state index contributed by atoms with van der Waals surface area (Å²) < 4.78 is 10.2. The maximum Gasteiger partial charge on any atom is 0.221 e. The molecule has 0 N–H and O–H groups in total. The van der Waals surface area contributed by atoms with Gasteiger partial charge in [-0.2, -0.15) is 0 Å². The molecule has 0 bridgehead atoms. The Morgan fingerprint density at radius 1 is 0.857 bits per heavy atom. The smallest absolute Gasteiger partial charge is 0.221 e. The lowest BCUT2D eigenvalue weighted by Crippen LogP contribution is -2.41. The lowest BCUT2D eigenvalue weighted by Gasteiger charge is -2.40. The largest absolute Gasteiger partial charge is 0.358 e. The first kappa shape index (κ1) is 16.3. The van der Waals surface area contributed by atoms with Crippen LogP contribution in [0.15, 0.2) is 11.9 Å². The molecule has 0 spiro atoms. The van der Waals surface area contributed by atoms with Gasteiger partial charge in [-0.3, -0.25) is 4.79 Å². The second-order valence-electron chi connectivity index (χ2n) is 5.80. The van der Waals surface area contributed by atoms with E-state index in [1.54, 1.807) is 6.08 Å². The Bertz CT molecular complexity index is 335. The van der Waals surface area contributed by atoms with E-state index in [1.165, 1.54) is 52.7 Å². The van der Waals surface area contributed by atoms with Gasteiger partial charge >= 0.3 is 0 Å². The molecule has 0 aromatic carbocycles. The number of rotatable bonds is 6.